The molecule has 0 spiro atoms. The minimum atomic E-state index is -0.550. The zero-order chi connectivity index (χ0) is 15.4. The van der Waals surface area contributed by atoms with Gasteiger partial charge in [-0.05, 0) is 18.9 Å². The Labute approximate surface area is 127 Å². The number of urea groups is 1. The lowest BCUT2D eigenvalue weighted by Crippen LogP contribution is -2.54. The Morgan fingerprint density at radius 2 is 2.05 bits per heavy atom. The van der Waals surface area contributed by atoms with Crippen molar-refractivity contribution >= 4 is 17.8 Å². The number of carbonyl (C=O) groups is 3. The van der Waals surface area contributed by atoms with E-state index in [2.05, 4.69) is 0 Å². The van der Waals surface area contributed by atoms with Crippen LogP contribution < -0.4 is 0 Å². The standard InChI is InChI=1S/C15H17N3O4/c1-16-14(20)11-8-17(5-6-18(11)15(16)21)13(19)10-4-7-22-12(10)9-2-3-9/h4,7,9,11H,2-3,5-6,8H2,1H3. The van der Waals surface area contributed by atoms with Crippen molar-refractivity contribution in [2.75, 3.05) is 26.7 Å². The van der Waals surface area contributed by atoms with Crippen molar-refractivity contribution in [1.82, 2.24) is 14.7 Å². The van der Waals surface area contributed by atoms with Crippen molar-refractivity contribution in [3.05, 3.63) is 23.7 Å². The van der Waals surface area contributed by atoms with Gasteiger partial charge in [0.15, 0.2) is 0 Å². The van der Waals surface area contributed by atoms with Crippen molar-refractivity contribution in [1.29, 1.82) is 0 Å². The largest absolute Gasteiger partial charge is 0.468 e. The van der Waals surface area contributed by atoms with Crippen molar-refractivity contribution in [2.45, 2.75) is 24.8 Å². The van der Waals surface area contributed by atoms with Gasteiger partial charge in [-0.2, -0.15) is 0 Å². The number of carbonyl (C=O) groups excluding carboxylic acids is 3. The third kappa shape index (κ3) is 1.84. The summed E-state index contributed by atoms with van der Waals surface area (Å²) in [5.41, 5.74) is 0.598. The number of hydrogen-bond donors (Lipinski definition) is 0. The van der Waals surface area contributed by atoms with E-state index in [1.54, 1.807) is 22.1 Å². The number of nitrogens with zero attached hydrogens (tertiary/aromatic N) is 3. The zero-order valence-electron chi connectivity index (χ0n) is 12.3. The van der Waals surface area contributed by atoms with E-state index in [1.165, 1.54) is 7.05 Å². The highest BCUT2D eigenvalue weighted by atomic mass is 16.3. The molecule has 0 aromatic carbocycles. The van der Waals surface area contributed by atoms with Crippen LogP contribution in [0.15, 0.2) is 16.7 Å². The molecule has 1 aliphatic carbocycles. The van der Waals surface area contributed by atoms with Crippen LogP contribution in [0.1, 0.15) is 34.9 Å². The lowest BCUT2D eigenvalue weighted by atomic mass is 10.1. The van der Waals surface area contributed by atoms with Gasteiger partial charge in [-0.3, -0.25) is 14.5 Å². The molecule has 2 aliphatic heterocycles. The second-order valence-electron chi connectivity index (χ2n) is 6.11. The molecule has 7 heteroatoms. The smallest absolute Gasteiger partial charge is 0.327 e. The van der Waals surface area contributed by atoms with E-state index in [-0.39, 0.29) is 24.4 Å². The Kier molecular flexibility index (Phi) is 2.79. The molecule has 3 fully saturated rings. The van der Waals surface area contributed by atoms with Gasteiger partial charge in [0.1, 0.15) is 11.8 Å². The summed E-state index contributed by atoms with van der Waals surface area (Å²) in [5.74, 6) is 0.775. The minimum Gasteiger partial charge on any atom is -0.468 e. The highest BCUT2D eigenvalue weighted by Gasteiger charge is 2.47. The molecule has 4 amide bonds. The van der Waals surface area contributed by atoms with Crippen LogP contribution >= 0.6 is 0 Å². The third-order valence-corrected chi connectivity index (χ3v) is 4.69. The van der Waals surface area contributed by atoms with E-state index in [1.807, 2.05) is 0 Å². The molecule has 1 saturated carbocycles. The average molecular weight is 303 g/mol. The Bertz CT molecular complexity index is 663. The predicted octanol–water partition coefficient (Wildman–Crippen LogP) is 0.875. The van der Waals surface area contributed by atoms with Gasteiger partial charge >= 0.3 is 6.03 Å². The predicted molar refractivity (Wildman–Crippen MR) is 75.2 cm³/mol. The molecule has 22 heavy (non-hydrogen) atoms. The van der Waals surface area contributed by atoms with Gasteiger partial charge in [0.25, 0.3) is 11.8 Å². The molecule has 4 rings (SSSR count). The summed E-state index contributed by atoms with van der Waals surface area (Å²) < 4.78 is 5.46. The molecule has 3 heterocycles. The van der Waals surface area contributed by atoms with Gasteiger partial charge in [-0.15, -0.1) is 0 Å². The van der Waals surface area contributed by atoms with E-state index < -0.39 is 6.04 Å². The lowest BCUT2D eigenvalue weighted by molar-refractivity contribution is -0.128. The number of furan rings is 1. The SMILES string of the molecule is CN1C(=O)C2CN(C(=O)c3ccoc3C3CC3)CCN2C1=O. The molecule has 1 aromatic heterocycles. The number of piperazine rings is 1. The van der Waals surface area contributed by atoms with Crippen LogP contribution in [0.2, 0.25) is 0 Å². The second kappa shape index (κ2) is 4.59. The lowest BCUT2D eigenvalue weighted by Gasteiger charge is -2.35. The van der Waals surface area contributed by atoms with Gasteiger partial charge in [-0.1, -0.05) is 0 Å². The Hall–Kier alpha value is -2.31. The monoisotopic (exact) mass is 303 g/mol. The van der Waals surface area contributed by atoms with Crippen molar-refractivity contribution in [3.63, 3.8) is 0 Å². The van der Waals surface area contributed by atoms with Gasteiger partial charge in [-0.25, -0.2) is 4.79 Å². The average Bonchev–Trinajstić information content (AvgIpc) is 3.23. The van der Waals surface area contributed by atoms with E-state index in [0.29, 0.717) is 24.6 Å². The number of hydrogen-bond acceptors (Lipinski definition) is 4. The summed E-state index contributed by atoms with van der Waals surface area (Å²) in [6.07, 6.45) is 3.67. The Morgan fingerprint density at radius 3 is 2.77 bits per heavy atom. The summed E-state index contributed by atoms with van der Waals surface area (Å²) in [7, 11) is 1.48. The molecule has 1 aromatic rings. The quantitative estimate of drug-likeness (QED) is 0.760. The highest BCUT2D eigenvalue weighted by Crippen LogP contribution is 2.42. The van der Waals surface area contributed by atoms with Crippen LogP contribution in [-0.4, -0.2) is 65.3 Å². The number of rotatable bonds is 2. The molecule has 3 aliphatic rings. The van der Waals surface area contributed by atoms with Crippen molar-refractivity contribution in [2.24, 2.45) is 0 Å². The first-order chi connectivity index (χ1) is 10.6. The summed E-state index contributed by atoms with van der Waals surface area (Å²) in [6.45, 7) is 1.09. The summed E-state index contributed by atoms with van der Waals surface area (Å²) >= 11 is 0. The number of fused-ring (bicyclic) bond motifs is 1. The molecule has 1 unspecified atom stereocenters. The van der Waals surface area contributed by atoms with Gasteiger partial charge in [0, 0.05) is 26.1 Å². The molecular formula is C15H17N3O4. The Balaban J connectivity index is 1.55. The maximum atomic E-state index is 12.7. The topological polar surface area (TPSA) is 74.1 Å². The molecule has 0 N–H and O–H groups in total. The molecule has 0 bridgehead atoms. The maximum Gasteiger partial charge on any atom is 0.327 e. The summed E-state index contributed by atoms with van der Waals surface area (Å²) in [5, 5.41) is 0. The molecule has 2 saturated heterocycles. The Morgan fingerprint density at radius 1 is 1.27 bits per heavy atom. The summed E-state index contributed by atoms with van der Waals surface area (Å²) in [6, 6.07) is 0.881. The van der Waals surface area contributed by atoms with E-state index in [9.17, 15) is 14.4 Å². The first-order valence-electron chi connectivity index (χ1n) is 7.52. The van der Waals surface area contributed by atoms with Crippen LogP contribution in [0.25, 0.3) is 0 Å². The van der Waals surface area contributed by atoms with Crippen LogP contribution in [0.5, 0.6) is 0 Å². The first kappa shape index (κ1) is 13.4. The zero-order valence-corrected chi connectivity index (χ0v) is 12.3. The second-order valence-corrected chi connectivity index (χ2v) is 6.11. The van der Waals surface area contributed by atoms with E-state index in [4.69, 9.17) is 4.42 Å². The van der Waals surface area contributed by atoms with Gasteiger partial charge in [0.05, 0.1) is 18.4 Å². The molecular weight excluding hydrogens is 286 g/mol. The number of imide groups is 1. The number of amides is 4. The fourth-order valence-corrected chi connectivity index (χ4v) is 3.25. The van der Waals surface area contributed by atoms with Crippen molar-refractivity contribution in [3.8, 4) is 0 Å². The summed E-state index contributed by atoms with van der Waals surface area (Å²) in [4.78, 5) is 41.1. The van der Waals surface area contributed by atoms with Crippen molar-refractivity contribution < 1.29 is 18.8 Å². The van der Waals surface area contributed by atoms with E-state index >= 15 is 0 Å². The van der Waals surface area contributed by atoms with Crippen LogP contribution in [-0.2, 0) is 4.79 Å². The highest BCUT2D eigenvalue weighted by molar-refractivity contribution is 6.05. The molecule has 7 nitrogen and oxygen atoms in total. The van der Waals surface area contributed by atoms with Gasteiger partial charge < -0.3 is 14.2 Å². The maximum absolute atomic E-state index is 12.7. The fourth-order valence-electron chi connectivity index (χ4n) is 3.25. The minimum absolute atomic E-state index is 0.106. The molecule has 116 valence electrons. The van der Waals surface area contributed by atoms with Crippen LogP contribution in [0, 0.1) is 0 Å². The van der Waals surface area contributed by atoms with Gasteiger partial charge in [0.2, 0.25) is 0 Å². The fraction of sp³-hybridized carbons (Fsp3) is 0.533. The first-order valence-corrected chi connectivity index (χ1v) is 7.52. The van der Waals surface area contributed by atoms with Crippen LogP contribution in [0.4, 0.5) is 4.79 Å². The number of likely N-dealkylation sites (N-methyl/N-ethyl adjacent to an activating group) is 1. The molecule has 1 atom stereocenters. The molecule has 0 radical (unpaired) electrons. The third-order valence-electron chi connectivity index (χ3n) is 4.69. The van der Waals surface area contributed by atoms with E-state index in [0.717, 1.165) is 23.5 Å². The normalized spacial score (nSPS) is 25.0. The van der Waals surface area contributed by atoms with Crippen LogP contribution in [0.3, 0.4) is 0 Å².